The number of hydrogen-bond acceptors (Lipinski definition) is 2. The van der Waals surface area contributed by atoms with E-state index in [0.29, 0.717) is 30.7 Å². The third-order valence-corrected chi connectivity index (χ3v) is 3.98. The van der Waals surface area contributed by atoms with E-state index >= 15 is 0 Å². The van der Waals surface area contributed by atoms with Crippen LogP contribution in [0.25, 0.3) is 10.8 Å². The second kappa shape index (κ2) is 6.77. The molecule has 0 bridgehead atoms. The Morgan fingerprint density at radius 1 is 1.14 bits per heavy atom. The summed E-state index contributed by atoms with van der Waals surface area (Å²) in [5.74, 6) is -0.0713. The topological polar surface area (TPSA) is 42.3 Å². The molecule has 4 heteroatoms. The van der Waals surface area contributed by atoms with Crippen LogP contribution < -0.4 is 5.56 Å². The van der Waals surface area contributed by atoms with E-state index in [4.69, 9.17) is 0 Å². The van der Waals surface area contributed by atoms with Gasteiger partial charge in [-0.2, -0.15) is 0 Å². The number of aryl methyl sites for hydroxylation is 1. The standard InChI is InChI=1S/C18H24N2O2/c1-5-10-20-16(18(22)19(6-2)7-3)12-14-9-8-13(4)11-15(14)17(20)21/h8-9,11-12H,5-7,10H2,1-4H3. The number of nitrogens with zero attached hydrogens (tertiary/aromatic N) is 2. The third-order valence-electron chi connectivity index (χ3n) is 3.98. The fraction of sp³-hybridized carbons (Fsp3) is 0.444. The van der Waals surface area contributed by atoms with Crippen molar-refractivity contribution in [2.45, 2.75) is 40.7 Å². The van der Waals surface area contributed by atoms with Crippen LogP contribution in [0, 0.1) is 6.92 Å². The van der Waals surface area contributed by atoms with Crippen molar-refractivity contribution in [3.63, 3.8) is 0 Å². The van der Waals surface area contributed by atoms with E-state index in [0.717, 1.165) is 17.4 Å². The highest BCUT2D eigenvalue weighted by Crippen LogP contribution is 2.16. The van der Waals surface area contributed by atoms with E-state index in [1.165, 1.54) is 0 Å². The predicted octanol–water partition coefficient (Wildman–Crippen LogP) is 3.20. The molecular weight excluding hydrogens is 276 g/mol. The Morgan fingerprint density at radius 3 is 2.41 bits per heavy atom. The van der Waals surface area contributed by atoms with Gasteiger partial charge in [0, 0.05) is 25.0 Å². The zero-order chi connectivity index (χ0) is 16.3. The molecule has 0 N–H and O–H groups in total. The van der Waals surface area contributed by atoms with Crippen LogP contribution in [0.4, 0.5) is 0 Å². The molecule has 1 heterocycles. The van der Waals surface area contributed by atoms with Crippen LogP contribution in [-0.2, 0) is 6.54 Å². The third kappa shape index (κ3) is 2.91. The van der Waals surface area contributed by atoms with Gasteiger partial charge in [-0.1, -0.05) is 24.6 Å². The van der Waals surface area contributed by atoms with Crippen LogP contribution in [0.5, 0.6) is 0 Å². The fourth-order valence-electron chi connectivity index (χ4n) is 2.76. The van der Waals surface area contributed by atoms with Gasteiger partial charge in [0.15, 0.2) is 0 Å². The average Bonchev–Trinajstić information content (AvgIpc) is 2.51. The lowest BCUT2D eigenvalue weighted by Gasteiger charge is -2.21. The molecular formula is C18H24N2O2. The maximum absolute atomic E-state index is 12.8. The van der Waals surface area contributed by atoms with E-state index in [1.807, 2.05) is 52.0 Å². The molecule has 0 spiro atoms. The summed E-state index contributed by atoms with van der Waals surface area (Å²) in [6.45, 7) is 9.73. The van der Waals surface area contributed by atoms with Gasteiger partial charge in [0.25, 0.3) is 11.5 Å². The lowest BCUT2D eigenvalue weighted by molar-refractivity contribution is 0.0760. The van der Waals surface area contributed by atoms with Crippen LogP contribution in [0.3, 0.4) is 0 Å². The maximum Gasteiger partial charge on any atom is 0.270 e. The molecule has 2 aromatic rings. The minimum absolute atomic E-state index is 0.0708. The molecule has 0 unspecified atom stereocenters. The molecule has 1 aromatic carbocycles. The highest BCUT2D eigenvalue weighted by molar-refractivity contribution is 5.96. The summed E-state index contributed by atoms with van der Waals surface area (Å²) in [7, 11) is 0. The summed E-state index contributed by atoms with van der Waals surface area (Å²) < 4.78 is 1.63. The molecule has 0 saturated heterocycles. The summed E-state index contributed by atoms with van der Waals surface area (Å²) in [6, 6.07) is 7.64. The SMILES string of the molecule is CCCn1c(C(=O)N(CC)CC)cc2ccc(C)cc2c1=O. The highest BCUT2D eigenvalue weighted by Gasteiger charge is 2.19. The Kier molecular flexibility index (Phi) is 5.01. The van der Waals surface area contributed by atoms with Crippen LogP contribution in [0.1, 0.15) is 43.2 Å². The Labute approximate surface area is 131 Å². The van der Waals surface area contributed by atoms with Crippen LogP contribution in [-0.4, -0.2) is 28.5 Å². The van der Waals surface area contributed by atoms with Gasteiger partial charge in [-0.05, 0) is 44.7 Å². The predicted molar refractivity (Wildman–Crippen MR) is 90.5 cm³/mol. The molecule has 0 fully saturated rings. The molecule has 0 saturated carbocycles. The van der Waals surface area contributed by atoms with Crippen molar-refractivity contribution >= 4 is 16.7 Å². The quantitative estimate of drug-likeness (QED) is 0.851. The summed E-state index contributed by atoms with van der Waals surface area (Å²) >= 11 is 0. The number of aromatic nitrogens is 1. The molecule has 4 nitrogen and oxygen atoms in total. The Balaban J connectivity index is 2.72. The summed E-state index contributed by atoms with van der Waals surface area (Å²) in [5, 5.41) is 1.52. The average molecular weight is 300 g/mol. The first-order valence-corrected chi connectivity index (χ1v) is 7.96. The van der Waals surface area contributed by atoms with Crippen molar-refractivity contribution in [2.75, 3.05) is 13.1 Å². The van der Waals surface area contributed by atoms with Crippen molar-refractivity contribution in [3.8, 4) is 0 Å². The molecule has 0 aliphatic rings. The van der Waals surface area contributed by atoms with Gasteiger partial charge >= 0.3 is 0 Å². The van der Waals surface area contributed by atoms with Gasteiger partial charge in [0.05, 0.1) is 0 Å². The van der Waals surface area contributed by atoms with Gasteiger partial charge < -0.3 is 9.47 Å². The van der Waals surface area contributed by atoms with Crippen LogP contribution in [0.15, 0.2) is 29.1 Å². The molecule has 2 rings (SSSR count). The first-order valence-electron chi connectivity index (χ1n) is 7.96. The first kappa shape index (κ1) is 16.3. The molecule has 0 radical (unpaired) electrons. The van der Waals surface area contributed by atoms with Crippen molar-refractivity contribution in [1.29, 1.82) is 0 Å². The molecule has 22 heavy (non-hydrogen) atoms. The van der Waals surface area contributed by atoms with Crippen molar-refractivity contribution in [3.05, 3.63) is 45.9 Å². The molecule has 1 amide bonds. The number of fused-ring (bicyclic) bond motifs is 1. The monoisotopic (exact) mass is 300 g/mol. The Morgan fingerprint density at radius 2 is 1.82 bits per heavy atom. The van der Waals surface area contributed by atoms with Gasteiger partial charge in [0.2, 0.25) is 0 Å². The normalized spacial score (nSPS) is 10.9. The number of rotatable bonds is 5. The smallest absolute Gasteiger partial charge is 0.270 e. The van der Waals surface area contributed by atoms with E-state index in [9.17, 15) is 9.59 Å². The number of carbonyl (C=O) groups is 1. The van der Waals surface area contributed by atoms with Gasteiger partial charge in [0.1, 0.15) is 5.69 Å². The minimum atomic E-state index is -0.0713. The number of carbonyl (C=O) groups excluding carboxylic acids is 1. The highest BCUT2D eigenvalue weighted by atomic mass is 16.2. The van der Waals surface area contributed by atoms with Crippen molar-refractivity contribution in [2.24, 2.45) is 0 Å². The zero-order valence-electron chi connectivity index (χ0n) is 13.8. The Hall–Kier alpha value is -2.10. The van der Waals surface area contributed by atoms with Gasteiger partial charge in [-0.3, -0.25) is 9.59 Å². The summed E-state index contributed by atoms with van der Waals surface area (Å²) in [4.78, 5) is 27.3. The van der Waals surface area contributed by atoms with Crippen LogP contribution >= 0.6 is 0 Å². The molecule has 0 aliphatic heterocycles. The van der Waals surface area contributed by atoms with Gasteiger partial charge in [-0.25, -0.2) is 0 Å². The first-order chi connectivity index (χ1) is 10.5. The summed E-state index contributed by atoms with van der Waals surface area (Å²) in [5.41, 5.74) is 1.47. The zero-order valence-corrected chi connectivity index (χ0v) is 13.8. The second-order valence-electron chi connectivity index (χ2n) is 5.55. The molecule has 118 valence electrons. The number of benzene rings is 1. The molecule has 0 atom stereocenters. The van der Waals surface area contributed by atoms with Crippen LogP contribution in [0.2, 0.25) is 0 Å². The summed E-state index contributed by atoms with van der Waals surface area (Å²) in [6.07, 6.45) is 0.815. The largest absolute Gasteiger partial charge is 0.338 e. The lowest BCUT2D eigenvalue weighted by atomic mass is 10.1. The second-order valence-corrected chi connectivity index (χ2v) is 5.55. The minimum Gasteiger partial charge on any atom is -0.338 e. The number of hydrogen-bond donors (Lipinski definition) is 0. The number of amides is 1. The maximum atomic E-state index is 12.8. The van der Waals surface area contributed by atoms with Crippen molar-refractivity contribution < 1.29 is 4.79 Å². The van der Waals surface area contributed by atoms with Crippen molar-refractivity contribution in [1.82, 2.24) is 9.47 Å². The van der Waals surface area contributed by atoms with Gasteiger partial charge in [-0.15, -0.1) is 0 Å². The van der Waals surface area contributed by atoms with E-state index in [2.05, 4.69) is 0 Å². The number of pyridine rings is 1. The van der Waals surface area contributed by atoms with E-state index in [-0.39, 0.29) is 11.5 Å². The fourth-order valence-corrected chi connectivity index (χ4v) is 2.76. The molecule has 1 aromatic heterocycles. The van der Waals surface area contributed by atoms with E-state index in [1.54, 1.807) is 9.47 Å². The lowest BCUT2D eigenvalue weighted by Crippen LogP contribution is -2.36. The Bertz CT molecular complexity index is 743. The van der Waals surface area contributed by atoms with E-state index < -0.39 is 0 Å². The molecule has 0 aliphatic carbocycles.